The number of benzene rings is 1. The van der Waals surface area contributed by atoms with Crippen LogP contribution < -0.4 is 15.4 Å². The van der Waals surface area contributed by atoms with Gasteiger partial charge in [-0.15, -0.1) is 0 Å². The number of carbonyl (C=O) groups excluding carboxylic acids is 2. The Morgan fingerprint density at radius 2 is 1.96 bits per heavy atom. The second kappa shape index (κ2) is 8.38. The van der Waals surface area contributed by atoms with Gasteiger partial charge in [-0.2, -0.15) is 0 Å². The third kappa shape index (κ3) is 6.08. The molecule has 0 spiro atoms. The minimum absolute atomic E-state index is 0.236. The summed E-state index contributed by atoms with van der Waals surface area (Å²) in [5, 5.41) is 5.11. The van der Waals surface area contributed by atoms with Gasteiger partial charge in [-0.05, 0) is 24.3 Å². The van der Waals surface area contributed by atoms with E-state index in [0.717, 1.165) is 0 Å². The molecule has 25 heavy (non-hydrogen) atoms. The molecule has 0 aliphatic heterocycles. The van der Waals surface area contributed by atoms with E-state index < -0.39 is 15.9 Å². The van der Waals surface area contributed by atoms with Gasteiger partial charge in [-0.1, -0.05) is 40.9 Å². The van der Waals surface area contributed by atoms with E-state index in [-0.39, 0.29) is 11.5 Å². The largest absolute Gasteiger partial charge is 0.466 e. The molecule has 1 heterocycles. The van der Waals surface area contributed by atoms with Gasteiger partial charge in [0.05, 0.1) is 5.56 Å². The predicted octanol–water partition coefficient (Wildman–Crippen LogP) is 3.55. The van der Waals surface area contributed by atoms with Crippen molar-refractivity contribution in [2.45, 2.75) is 16.9 Å². The van der Waals surface area contributed by atoms with Crippen LogP contribution in [0.25, 0.3) is 0 Å². The first kappa shape index (κ1) is 19.3. The number of rotatable bonds is 5. The quantitative estimate of drug-likeness (QED) is 0.592. The second-order valence-corrected chi connectivity index (χ2v) is 7.33. The van der Waals surface area contributed by atoms with Gasteiger partial charge in [-0.3, -0.25) is 14.6 Å². The normalized spacial score (nSPS) is 12.2. The van der Waals surface area contributed by atoms with Crippen molar-refractivity contribution in [3.8, 4) is 5.75 Å². The first-order valence-corrected chi connectivity index (χ1v) is 8.21. The van der Waals surface area contributed by atoms with Crippen molar-refractivity contribution in [2.75, 3.05) is 5.32 Å². The van der Waals surface area contributed by atoms with E-state index >= 15 is 0 Å². The Labute approximate surface area is 159 Å². The summed E-state index contributed by atoms with van der Waals surface area (Å²) in [5.41, 5.74) is 0.795. The number of hydrogen-bond donors (Lipinski definition) is 2. The van der Waals surface area contributed by atoms with Crippen molar-refractivity contribution in [1.29, 1.82) is 0 Å². The molecular formula is C16H14Cl3N3O3. The molecule has 2 N–H and O–H groups in total. The number of pyridine rings is 1. The highest BCUT2D eigenvalue weighted by Gasteiger charge is 2.36. The molecule has 0 aliphatic rings. The van der Waals surface area contributed by atoms with Gasteiger partial charge >= 0.3 is 0 Å². The first-order valence-electron chi connectivity index (χ1n) is 7.07. The van der Waals surface area contributed by atoms with Crippen molar-refractivity contribution in [2.24, 2.45) is 0 Å². The Hall–Kier alpha value is -2.02. The van der Waals surface area contributed by atoms with Gasteiger partial charge in [0.1, 0.15) is 5.75 Å². The molecule has 0 aliphatic carbocycles. The van der Waals surface area contributed by atoms with E-state index in [1.165, 1.54) is 19.3 Å². The van der Waals surface area contributed by atoms with Crippen molar-refractivity contribution in [3.05, 3.63) is 54.4 Å². The van der Waals surface area contributed by atoms with Crippen LogP contribution in [-0.4, -0.2) is 26.8 Å². The number of carbonyl (C=O) groups is 2. The average molecular weight is 403 g/mol. The lowest BCUT2D eigenvalue weighted by Crippen LogP contribution is -2.47. The summed E-state index contributed by atoms with van der Waals surface area (Å²) in [4.78, 5) is 27.2. The lowest BCUT2D eigenvalue weighted by atomic mass is 10.2. The second-order valence-electron chi connectivity index (χ2n) is 4.96. The van der Waals surface area contributed by atoms with Crippen LogP contribution in [-0.2, 0) is 4.79 Å². The maximum atomic E-state index is 12.2. The number of amides is 2. The fourth-order valence-corrected chi connectivity index (χ4v) is 2.16. The standard InChI is InChI=1S/C16H14Cl3N3O3/c1-10(23)21-12-5-2-6-13(8-12)25-15(16(17,18)19)22-14(24)11-4-3-7-20-9-11/h2-9,15H,1H3,(H,21,23)(H,22,24)/t15-/m1/s1. The smallest absolute Gasteiger partial charge is 0.255 e. The lowest BCUT2D eigenvalue weighted by molar-refractivity contribution is -0.114. The van der Waals surface area contributed by atoms with Gasteiger partial charge in [-0.25, -0.2) is 0 Å². The van der Waals surface area contributed by atoms with Crippen molar-refractivity contribution < 1.29 is 14.3 Å². The molecule has 2 rings (SSSR count). The molecule has 1 atom stereocenters. The van der Waals surface area contributed by atoms with E-state index in [1.54, 1.807) is 36.4 Å². The van der Waals surface area contributed by atoms with Crippen molar-refractivity contribution in [1.82, 2.24) is 10.3 Å². The summed E-state index contributed by atoms with van der Waals surface area (Å²) in [6.45, 7) is 1.38. The molecule has 0 bridgehead atoms. The minimum atomic E-state index is -1.93. The van der Waals surface area contributed by atoms with Crippen LogP contribution in [0.5, 0.6) is 5.75 Å². The van der Waals surface area contributed by atoms with Gasteiger partial charge in [0.15, 0.2) is 0 Å². The summed E-state index contributed by atoms with van der Waals surface area (Å²) in [5.74, 6) is -0.448. The Kier molecular flexibility index (Phi) is 6.47. The number of anilines is 1. The van der Waals surface area contributed by atoms with E-state index in [9.17, 15) is 9.59 Å². The van der Waals surface area contributed by atoms with Crippen LogP contribution in [0.3, 0.4) is 0 Å². The van der Waals surface area contributed by atoms with Gasteiger partial charge in [0.2, 0.25) is 15.9 Å². The Morgan fingerprint density at radius 3 is 2.56 bits per heavy atom. The molecule has 9 heteroatoms. The van der Waals surface area contributed by atoms with Crippen molar-refractivity contribution >= 4 is 52.3 Å². The summed E-state index contributed by atoms with van der Waals surface area (Å²) < 4.78 is 3.67. The van der Waals surface area contributed by atoms with Gasteiger partial charge in [0.25, 0.3) is 5.91 Å². The van der Waals surface area contributed by atoms with Gasteiger partial charge in [0, 0.05) is 31.1 Å². The third-order valence-corrected chi connectivity index (χ3v) is 3.49. The molecule has 1 aromatic carbocycles. The summed E-state index contributed by atoms with van der Waals surface area (Å²) in [6, 6.07) is 9.64. The Bertz CT molecular complexity index is 751. The number of ether oxygens (including phenoxy) is 1. The maximum absolute atomic E-state index is 12.2. The molecule has 6 nitrogen and oxygen atoms in total. The molecule has 2 aromatic rings. The number of aromatic nitrogens is 1. The lowest BCUT2D eigenvalue weighted by Gasteiger charge is -2.26. The van der Waals surface area contributed by atoms with Crippen LogP contribution in [0.1, 0.15) is 17.3 Å². The summed E-state index contributed by atoms with van der Waals surface area (Å²) in [6.07, 6.45) is 1.65. The maximum Gasteiger partial charge on any atom is 0.255 e. The van der Waals surface area contributed by atoms with E-state index in [4.69, 9.17) is 39.5 Å². The predicted molar refractivity (Wildman–Crippen MR) is 97.2 cm³/mol. The Balaban J connectivity index is 2.16. The number of alkyl halides is 3. The molecule has 0 saturated heterocycles. The number of hydrogen-bond acceptors (Lipinski definition) is 4. The molecule has 0 fully saturated rings. The SMILES string of the molecule is CC(=O)Nc1cccc(O[C@@H](NC(=O)c2cccnc2)C(Cl)(Cl)Cl)c1. The zero-order valence-electron chi connectivity index (χ0n) is 13.0. The zero-order valence-corrected chi connectivity index (χ0v) is 15.3. The molecule has 2 amide bonds. The first-order chi connectivity index (χ1) is 11.8. The third-order valence-electron chi connectivity index (χ3n) is 2.89. The molecular weight excluding hydrogens is 389 g/mol. The molecule has 1 aromatic heterocycles. The number of nitrogens with zero attached hydrogens (tertiary/aromatic N) is 1. The van der Waals surface area contributed by atoms with E-state index in [0.29, 0.717) is 11.4 Å². The van der Waals surface area contributed by atoms with Crippen LogP contribution in [0, 0.1) is 0 Å². The summed E-state index contributed by atoms with van der Waals surface area (Å²) >= 11 is 17.7. The summed E-state index contributed by atoms with van der Waals surface area (Å²) in [7, 11) is 0. The van der Waals surface area contributed by atoms with Crippen molar-refractivity contribution in [3.63, 3.8) is 0 Å². The molecule has 0 saturated carbocycles. The number of halogens is 3. The minimum Gasteiger partial charge on any atom is -0.466 e. The highest BCUT2D eigenvalue weighted by molar-refractivity contribution is 6.68. The molecule has 0 unspecified atom stereocenters. The monoisotopic (exact) mass is 401 g/mol. The van der Waals surface area contributed by atoms with E-state index in [2.05, 4.69) is 15.6 Å². The Morgan fingerprint density at radius 1 is 1.20 bits per heavy atom. The topological polar surface area (TPSA) is 80.3 Å². The van der Waals surface area contributed by atoms with Gasteiger partial charge < -0.3 is 15.4 Å². The molecule has 132 valence electrons. The highest BCUT2D eigenvalue weighted by atomic mass is 35.6. The van der Waals surface area contributed by atoms with Crippen LogP contribution >= 0.6 is 34.8 Å². The van der Waals surface area contributed by atoms with E-state index in [1.807, 2.05) is 0 Å². The zero-order chi connectivity index (χ0) is 18.4. The average Bonchev–Trinajstić information content (AvgIpc) is 2.54. The van der Waals surface area contributed by atoms with Crippen LogP contribution in [0.2, 0.25) is 0 Å². The number of nitrogens with one attached hydrogen (secondary N) is 2. The van der Waals surface area contributed by atoms with Crippen LogP contribution in [0.15, 0.2) is 48.8 Å². The van der Waals surface area contributed by atoms with Crippen LogP contribution in [0.4, 0.5) is 5.69 Å². The molecule has 0 radical (unpaired) electrons. The highest BCUT2D eigenvalue weighted by Crippen LogP contribution is 2.32. The fourth-order valence-electron chi connectivity index (χ4n) is 1.86. The fraction of sp³-hybridized carbons (Fsp3) is 0.188.